The summed E-state index contributed by atoms with van der Waals surface area (Å²) in [5.74, 6) is 0.321. The number of hydrogen-bond donors (Lipinski definition) is 1. The van der Waals surface area contributed by atoms with E-state index in [1.807, 2.05) is 0 Å². The van der Waals surface area contributed by atoms with Crippen LogP contribution in [-0.2, 0) is 10.0 Å². The van der Waals surface area contributed by atoms with E-state index in [0.29, 0.717) is 24.9 Å². The summed E-state index contributed by atoms with van der Waals surface area (Å²) in [4.78, 5) is -0.314. The van der Waals surface area contributed by atoms with Gasteiger partial charge in [0.25, 0.3) is 0 Å². The number of sulfonamides is 1. The van der Waals surface area contributed by atoms with E-state index >= 15 is 0 Å². The zero-order chi connectivity index (χ0) is 15.6. The molecule has 1 saturated heterocycles. The van der Waals surface area contributed by atoms with E-state index in [9.17, 15) is 12.8 Å². The van der Waals surface area contributed by atoms with Crippen molar-refractivity contribution in [2.24, 2.45) is 11.8 Å². The molecular weight excluding hydrogens is 291 g/mol. The van der Waals surface area contributed by atoms with Crippen molar-refractivity contribution in [2.45, 2.75) is 38.0 Å². The van der Waals surface area contributed by atoms with Gasteiger partial charge < -0.3 is 5.73 Å². The molecule has 1 atom stereocenters. The second kappa shape index (κ2) is 6.32. The largest absolute Gasteiger partial charge is 0.399 e. The molecule has 0 amide bonds. The van der Waals surface area contributed by atoms with Crippen molar-refractivity contribution in [3.63, 3.8) is 0 Å². The number of nitrogens with two attached hydrogens (primary N) is 1. The molecule has 1 unspecified atom stereocenters. The molecule has 1 aliphatic heterocycles. The predicted octanol–water partition coefficient (Wildman–Crippen LogP) is 2.85. The first-order valence-electron chi connectivity index (χ1n) is 7.37. The lowest BCUT2D eigenvalue weighted by atomic mass is 9.89. The van der Waals surface area contributed by atoms with Crippen LogP contribution >= 0.6 is 0 Å². The van der Waals surface area contributed by atoms with Gasteiger partial charge in [0.1, 0.15) is 10.7 Å². The average molecular weight is 314 g/mol. The van der Waals surface area contributed by atoms with Crippen molar-refractivity contribution in [3.8, 4) is 0 Å². The molecule has 1 aromatic rings. The molecule has 2 rings (SSSR count). The number of anilines is 1. The zero-order valence-electron chi connectivity index (χ0n) is 12.5. The molecule has 0 aliphatic carbocycles. The molecule has 0 aromatic heterocycles. The second-order valence-electron chi connectivity index (χ2n) is 6.03. The van der Waals surface area contributed by atoms with Crippen LogP contribution in [0.25, 0.3) is 0 Å². The molecular formula is C15H23FN2O2S. The maximum absolute atomic E-state index is 13.9. The number of nitrogens with zero attached hydrogens (tertiary/aromatic N) is 1. The minimum absolute atomic E-state index is 0.254. The van der Waals surface area contributed by atoms with Gasteiger partial charge in [-0.05, 0) is 49.3 Å². The third-order valence-electron chi connectivity index (χ3n) is 4.25. The number of nitrogen functional groups attached to an aromatic ring is 1. The summed E-state index contributed by atoms with van der Waals surface area (Å²) in [7, 11) is -3.81. The molecule has 21 heavy (non-hydrogen) atoms. The molecule has 1 aromatic carbocycles. The van der Waals surface area contributed by atoms with Crippen LogP contribution in [0.3, 0.4) is 0 Å². The Hall–Kier alpha value is -1.14. The highest BCUT2D eigenvalue weighted by Gasteiger charge is 2.30. The lowest BCUT2D eigenvalue weighted by Gasteiger charge is -2.21. The van der Waals surface area contributed by atoms with Gasteiger partial charge in [-0.3, -0.25) is 0 Å². The SMILES string of the molecule is CC(C)C1CCCN(S(=O)(=O)c2cc(N)ccc2F)CC1. The lowest BCUT2D eigenvalue weighted by Crippen LogP contribution is -2.32. The molecule has 6 heteroatoms. The Bertz CT molecular complexity index is 602. The summed E-state index contributed by atoms with van der Waals surface area (Å²) >= 11 is 0. The summed E-state index contributed by atoms with van der Waals surface area (Å²) in [6.45, 7) is 5.21. The van der Waals surface area contributed by atoms with Gasteiger partial charge in [0.15, 0.2) is 0 Å². The lowest BCUT2D eigenvalue weighted by molar-refractivity contribution is 0.340. The van der Waals surface area contributed by atoms with Crippen LogP contribution in [0.2, 0.25) is 0 Å². The highest BCUT2D eigenvalue weighted by Crippen LogP contribution is 2.28. The molecule has 0 spiro atoms. The number of benzene rings is 1. The van der Waals surface area contributed by atoms with Crippen molar-refractivity contribution in [2.75, 3.05) is 18.8 Å². The highest BCUT2D eigenvalue weighted by molar-refractivity contribution is 7.89. The standard InChI is InChI=1S/C15H23FN2O2S/c1-11(2)12-4-3-8-18(9-7-12)21(19,20)15-10-13(17)5-6-14(15)16/h5-6,10-12H,3-4,7-9,17H2,1-2H3. The Balaban J connectivity index is 2.25. The maximum Gasteiger partial charge on any atom is 0.246 e. The summed E-state index contributed by atoms with van der Waals surface area (Å²) < 4.78 is 40.5. The highest BCUT2D eigenvalue weighted by atomic mass is 32.2. The first kappa shape index (κ1) is 16.2. The van der Waals surface area contributed by atoms with Crippen molar-refractivity contribution in [3.05, 3.63) is 24.0 Å². The molecule has 2 N–H and O–H groups in total. The zero-order valence-corrected chi connectivity index (χ0v) is 13.4. The molecule has 118 valence electrons. The fourth-order valence-corrected chi connectivity index (χ4v) is 4.45. The Morgan fingerprint density at radius 3 is 2.67 bits per heavy atom. The summed E-state index contributed by atoms with van der Waals surface area (Å²) in [6, 6.07) is 3.68. The van der Waals surface area contributed by atoms with Crippen LogP contribution in [0.4, 0.5) is 10.1 Å². The van der Waals surface area contributed by atoms with Crippen LogP contribution < -0.4 is 5.73 Å². The Kier molecular flexibility index (Phi) is 4.88. The van der Waals surface area contributed by atoms with Gasteiger partial charge in [0, 0.05) is 18.8 Å². The van der Waals surface area contributed by atoms with Gasteiger partial charge in [-0.2, -0.15) is 4.31 Å². The monoisotopic (exact) mass is 314 g/mol. The van der Waals surface area contributed by atoms with Gasteiger partial charge in [0.2, 0.25) is 10.0 Å². The third-order valence-corrected chi connectivity index (χ3v) is 6.16. The Morgan fingerprint density at radius 1 is 1.29 bits per heavy atom. The van der Waals surface area contributed by atoms with Crippen LogP contribution in [0.1, 0.15) is 33.1 Å². The maximum atomic E-state index is 13.9. The van der Waals surface area contributed by atoms with Crippen LogP contribution in [0, 0.1) is 17.7 Å². The Labute approximate surface area is 126 Å². The molecule has 1 fully saturated rings. The fraction of sp³-hybridized carbons (Fsp3) is 0.600. The predicted molar refractivity (Wildman–Crippen MR) is 81.8 cm³/mol. The van der Waals surface area contributed by atoms with E-state index in [-0.39, 0.29) is 10.6 Å². The minimum Gasteiger partial charge on any atom is -0.399 e. The smallest absolute Gasteiger partial charge is 0.246 e. The van der Waals surface area contributed by atoms with E-state index in [1.165, 1.54) is 16.4 Å². The first-order valence-corrected chi connectivity index (χ1v) is 8.81. The van der Waals surface area contributed by atoms with Gasteiger partial charge in [0.05, 0.1) is 0 Å². The van der Waals surface area contributed by atoms with Crippen LogP contribution in [-0.4, -0.2) is 25.8 Å². The third kappa shape index (κ3) is 3.55. The Morgan fingerprint density at radius 2 is 2.00 bits per heavy atom. The summed E-state index contributed by atoms with van der Waals surface area (Å²) in [5.41, 5.74) is 5.85. The second-order valence-corrected chi connectivity index (χ2v) is 7.94. The van der Waals surface area contributed by atoms with Gasteiger partial charge in [-0.1, -0.05) is 13.8 Å². The molecule has 0 radical (unpaired) electrons. The van der Waals surface area contributed by atoms with E-state index in [4.69, 9.17) is 5.73 Å². The van der Waals surface area contributed by atoms with Gasteiger partial charge in [-0.15, -0.1) is 0 Å². The van der Waals surface area contributed by atoms with Gasteiger partial charge in [-0.25, -0.2) is 12.8 Å². The topological polar surface area (TPSA) is 63.4 Å². The minimum atomic E-state index is -3.81. The van der Waals surface area contributed by atoms with E-state index < -0.39 is 15.8 Å². The van der Waals surface area contributed by atoms with Gasteiger partial charge >= 0.3 is 0 Å². The van der Waals surface area contributed by atoms with Crippen molar-refractivity contribution in [1.29, 1.82) is 0 Å². The number of hydrogen-bond acceptors (Lipinski definition) is 3. The number of rotatable bonds is 3. The summed E-state index contributed by atoms with van der Waals surface area (Å²) in [5, 5.41) is 0. The fourth-order valence-electron chi connectivity index (χ4n) is 2.86. The van der Waals surface area contributed by atoms with Crippen molar-refractivity contribution >= 4 is 15.7 Å². The molecule has 0 bridgehead atoms. The van der Waals surface area contributed by atoms with Crippen molar-refractivity contribution < 1.29 is 12.8 Å². The first-order chi connectivity index (χ1) is 9.82. The van der Waals surface area contributed by atoms with Crippen molar-refractivity contribution in [1.82, 2.24) is 4.31 Å². The van der Waals surface area contributed by atoms with E-state index in [1.54, 1.807) is 0 Å². The van der Waals surface area contributed by atoms with Crippen LogP contribution in [0.5, 0.6) is 0 Å². The molecule has 0 saturated carbocycles. The van der Waals surface area contributed by atoms with Crippen LogP contribution in [0.15, 0.2) is 23.1 Å². The quantitative estimate of drug-likeness (QED) is 0.873. The normalized spacial score (nSPS) is 21.4. The average Bonchev–Trinajstić information content (AvgIpc) is 2.67. The number of halogens is 1. The summed E-state index contributed by atoms with van der Waals surface area (Å²) in [6.07, 6.45) is 2.65. The molecule has 1 aliphatic rings. The van der Waals surface area contributed by atoms with E-state index in [2.05, 4.69) is 13.8 Å². The molecule has 1 heterocycles. The molecule has 4 nitrogen and oxygen atoms in total. The van der Waals surface area contributed by atoms with E-state index in [0.717, 1.165) is 25.3 Å².